The molecule has 0 amide bonds. The van der Waals surface area contributed by atoms with Gasteiger partial charge in [0, 0.05) is 29.5 Å². The first-order valence-electron chi connectivity index (χ1n) is 14.5. The number of hydrogen-bond donors (Lipinski definition) is 1. The van der Waals surface area contributed by atoms with Gasteiger partial charge in [-0.2, -0.15) is 0 Å². The first kappa shape index (κ1) is 34.1. The quantitative estimate of drug-likeness (QED) is 0.0669. The summed E-state index contributed by atoms with van der Waals surface area (Å²) in [6.07, 6.45) is 32.1. The van der Waals surface area contributed by atoms with Crippen molar-refractivity contribution in [1.29, 1.82) is 0 Å². The van der Waals surface area contributed by atoms with Crippen molar-refractivity contribution in [3.05, 3.63) is 116 Å². The number of aryl methyl sites for hydroxylation is 1. The van der Waals surface area contributed by atoms with Crippen LogP contribution in [0, 0.1) is 6.92 Å². The summed E-state index contributed by atoms with van der Waals surface area (Å²) in [5, 5.41) is 3.73. The molecule has 1 N–H and O–H groups in total. The van der Waals surface area contributed by atoms with Crippen LogP contribution in [-0.2, 0) is 14.3 Å². The number of rotatable bonds is 18. The van der Waals surface area contributed by atoms with Gasteiger partial charge in [-0.25, -0.2) is 4.79 Å². The lowest BCUT2D eigenvalue weighted by Crippen LogP contribution is -2.33. The summed E-state index contributed by atoms with van der Waals surface area (Å²) in [5.41, 5.74) is 8.15. The molecule has 3 atom stereocenters. The van der Waals surface area contributed by atoms with Gasteiger partial charge in [-0.3, -0.25) is 19.1 Å². The molecule has 1 fully saturated rings. The summed E-state index contributed by atoms with van der Waals surface area (Å²) < 4.78 is 12.4. The number of carbonyl (C=O) groups is 1. The van der Waals surface area contributed by atoms with E-state index in [1.54, 1.807) is 6.92 Å². The van der Waals surface area contributed by atoms with Crippen LogP contribution in [0.4, 0.5) is 0 Å². The second-order valence-electron chi connectivity index (χ2n) is 9.75. The Morgan fingerprint density at radius 2 is 1.55 bits per heavy atom. The van der Waals surface area contributed by atoms with Crippen molar-refractivity contribution in [2.24, 2.45) is 5.11 Å². The van der Waals surface area contributed by atoms with E-state index in [9.17, 15) is 14.4 Å². The normalized spacial score (nSPS) is 19.3. The number of carbonyl (C=O) groups excluding carboxylic acids is 1. The summed E-state index contributed by atoms with van der Waals surface area (Å²) in [7, 11) is 0. The second kappa shape index (κ2) is 20.7. The van der Waals surface area contributed by atoms with Crippen LogP contribution >= 0.6 is 0 Å². The van der Waals surface area contributed by atoms with Crippen LogP contribution in [0.1, 0.15) is 76.5 Å². The van der Waals surface area contributed by atoms with Gasteiger partial charge in [0.25, 0.3) is 5.56 Å². The number of aromatic nitrogens is 2. The Bertz CT molecular complexity index is 1310. The van der Waals surface area contributed by atoms with Gasteiger partial charge in [0.15, 0.2) is 0 Å². The van der Waals surface area contributed by atoms with Gasteiger partial charge in [-0.15, -0.1) is 0 Å². The van der Waals surface area contributed by atoms with Crippen molar-refractivity contribution in [3.63, 3.8) is 0 Å². The molecule has 226 valence electrons. The second-order valence-corrected chi connectivity index (χ2v) is 9.75. The molecule has 2 rings (SSSR count). The van der Waals surface area contributed by atoms with Crippen LogP contribution in [0.2, 0.25) is 0 Å². The lowest BCUT2D eigenvalue weighted by molar-refractivity contribution is -0.148. The number of ether oxygens (including phenoxy) is 2. The summed E-state index contributed by atoms with van der Waals surface area (Å²) >= 11 is 0. The van der Waals surface area contributed by atoms with E-state index in [0.717, 1.165) is 38.5 Å². The van der Waals surface area contributed by atoms with Gasteiger partial charge in [-0.05, 0) is 57.4 Å². The van der Waals surface area contributed by atoms with Gasteiger partial charge in [-0.1, -0.05) is 85.0 Å². The summed E-state index contributed by atoms with van der Waals surface area (Å²) in [5.74, 6) is -0.390. The highest BCUT2D eigenvalue weighted by atomic mass is 16.6. The maximum absolute atomic E-state index is 12.2. The minimum atomic E-state index is -0.744. The molecule has 0 spiro atoms. The van der Waals surface area contributed by atoms with Gasteiger partial charge in [0.2, 0.25) is 0 Å². The Labute approximate surface area is 247 Å². The number of azide groups is 1. The van der Waals surface area contributed by atoms with Crippen molar-refractivity contribution >= 4 is 5.97 Å². The third-order valence-electron chi connectivity index (χ3n) is 6.38. The molecule has 10 heteroatoms. The minimum absolute atomic E-state index is 0.0974. The van der Waals surface area contributed by atoms with Crippen LogP contribution in [-0.4, -0.2) is 34.3 Å². The molecule has 10 nitrogen and oxygen atoms in total. The molecule has 0 aliphatic carbocycles. The predicted octanol–water partition coefficient (Wildman–Crippen LogP) is 6.83. The minimum Gasteiger partial charge on any atom is -0.463 e. The number of nitrogens with one attached hydrogen (secondary N) is 1. The van der Waals surface area contributed by atoms with Crippen molar-refractivity contribution in [2.75, 3.05) is 6.61 Å². The Hall–Kier alpha value is -4.14. The van der Waals surface area contributed by atoms with Gasteiger partial charge >= 0.3 is 11.7 Å². The predicted molar refractivity (Wildman–Crippen MR) is 166 cm³/mol. The van der Waals surface area contributed by atoms with E-state index in [1.165, 1.54) is 10.8 Å². The maximum Gasteiger partial charge on any atom is 0.330 e. The fourth-order valence-electron chi connectivity index (χ4n) is 4.11. The van der Waals surface area contributed by atoms with Crippen molar-refractivity contribution < 1.29 is 14.3 Å². The summed E-state index contributed by atoms with van der Waals surface area (Å²) in [4.78, 5) is 41.1. The average Bonchev–Trinajstić information content (AvgIpc) is 3.37. The molecule has 42 heavy (non-hydrogen) atoms. The van der Waals surface area contributed by atoms with Gasteiger partial charge in [0.1, 0.15) is 18.9 Å². The highest BCUT2D eigenvalue weighted by Crippen LogP contribution is 2.30. The third-order valence-corrected chi connectivity index (χ3v) is 6.38. The zero-order valence-electron chi connectivity index (χ0n) is 24.6. The Kier molecular flexibility index (Phi) is 16.8. The van der Waals surface area contributed by atoms with Crippen LogP contribution < -0.4 is 11.2 Å². The topological polar surface area (TPSA) is 139 Å². The van der Waals surface area contributed by atoms with E-state index in [4.69, 9.17) is 15.0 Å². The van der Waals surface area contributed by atoms with Crippen LogP contribution in [0.25, 0.3) is 10.4 Å². The Balaban J connectivity index is 1.60. The molecule has 1 aromatic rings. The number of nitrogens with zero attached hydrogens (tertiary/aromatic N) is 4. The number of esters is 1. The molecule has 1 aromatic heterocycles. The molecule has 0 unspecified atom stereocenters. The third kappa shape index (κ3) is 13.5. The van der Waals surface area contributed by atoms with E-state index in [2.05, 4.69) is 82.7 Å². The van der Waals surface area contributed by atoms with Crippen molar-refractivity contribution in [3.8, 4) is 0 Å². The average molecular weight is 578 g/mol. The van der Waals surface area contributed by atoms with E-state index >= 15 is 0 Å². The molecular weight excluding hydrogens is 534 g/mol. The molecular formula is C32H43N5O5. The lowest BCUT2D eigenvalue weighted by atomic mass is 10.1. The smallest absolute Gasteiger partial charge is 0.330 e. The molecule has 0 bridgehead atoms. The van der Waals surface area contributed by atoms with E-state index in [0.29, 0.717) is 12.0 Å². The Morgan fingerprint density at radius 3 is 2.10 bits per heavy atom. The molecule has 0 radical (unpaired) electrons. The molecule has 2 heterocycles. The van der Waals surface area contributed by atoms with E-state index in [1.807, 2.05) is 12.2 Å². The lowest BCUT2D eigenvalue weighted by Gasteiger charge is -2.16. The molecule has 1 aliphatic heterocycles. The number of H-pyrrole nitrogens is 1. The number of hydrogen-bond acceptors (Lipinski definition) is 6. The van der Waals surface area contributed by atoms with Crippen LogP contribution in [0.3, 0.4) is 0 Å². The number of allylic oxidation sites excluding steroid dienone is 12. The monoisotopic (exact) mass is 577 g/mol. The molecule has 0 aromatic carbocycles. The number of aromatic amines is 1. The standard InChI is InChI=1S/C32H43N5O5/c1-3-4-5-6-7-8-9-10-11-12-13-14-15-16-17-18-19-20-21-22-30(38)41-25-28-27(35-36-33)23-29(42-28)37-24-26(2)31(39)34-32(37)40/h4-5,7-8,10-11,13-14,16-17,19-20,24,27-29H,3,6,9,12,15,18,21-23,25H2,1-2H3,(H,34,39,40)/b5-4-,8-7-,11-10-,14-13-,17-16-,20-19-/t27-,28+,29-/m0/s1. The molecule has 1 saturated heterocycles. The van der Waals surface area contributed by atoms with E-state index in [-0.39, 0.29) is 19.4 Å². The van der Waals surface area contributed by atoms with Crippen LogP contribution in [0.5, 0.6) is 0 Å². The summed E-state index contributed by atoms with van der Waals surface area (Å²) in [6.45, 7) is 3.61. The molecule has 0 saturated carbocycles. The van der Waals surface area contributed by atoms with E-state index < -0.39 is 35.6 Å². The summed E-state index contributed by atoms with van der Waals surface area (Å²) in [6, 6.07) is -0.615. The largest absolute Gasteiger partial charge is 0.463 e. The fourth-order valence-corrected chi connectivity index (χ4v) is 4.11. The highest BCUT2D eigenvalue weighted by molar-refractivity contribution is 5.69. The SMILES string of the molecule is CC/C=C\C/C=C\C/C=C\C/C=C\C/C=C\C/C=C\CCC(=O)OC[C@H]1O[C@H](n2cc(C)c(=O)[nH]c2=O)C[C@@H]1N=[N+]=[N-]. The first-order valence-corrected chi connectivity index (χ1v) is 14.5. The van der Waals surface area contributed by atoms with Crippen LogP contribution in [0.15, 0.2) is 93.8 Å². The van der Waals surface area contributed by atoms with Crippen molar-refractivity contribution in [2.45, 2.75) is 90.0 Å². The maximum atomic E-state index is 12.2. The zero-order valence-corrected chi connectivity index (χ0v) is 24.6. The van der Waals surface area contributed by atoms with Gasteiger partial charge < -0.3 is 9.47 Å². The fraction of sp³-hybridized carbons (Fsp3) is 0.469. The highest BCUT2D eigenvalue weighted by Gasteiger charge is 2.37. The van der Waals surface area contributed by atoms with Crippen molar-refractivity contribution in [1.82, 2.24) is 9.55 Å². The zero-order chi connectivity index (χ0) is 30.4. The molecule has 1 aliphatic rings. The Morgan fingerprint density at radius 1 is 1.00 bits per heavy atom. The first-order chi connectivity index (χ1) is 20.5. The van der Waals surface area contributed by atoms with Gasteiger partial charge in [0.05, 0.1) is 6.04 Å².